The van der Waals surface area contributed by atoms with Crippen LogP contribution in [0.1, 0.15) is 19.4 Å². The van der Waals surface area contributed by atoms with Gasteiger partial charge < -0.3 is 9.47 Å². The van der Waals surface area contributed by atoms with E-state index in [-0.39, 0.29) is 35.0 Å². The first-order valence-corrected chi connectivity index (χ1v) is 12.2. The van der Waals surface area contributed by atoms with Crippen molar-refractivity contribution in [2.24, 2.45) is 13.0 Å². The van der Waals surface area contributed by atoms with Gasteiger partial charge in [-0.25, -0.2) is 4.79 Å². The fraction of sp³-hybridized carbons (Fsp3) is 0.250. The number of aromatic nitrogens is 4. The van der Waals surface area contributed by atoms with Crippen LogP contribution in [-0.4, -0.2) is 25.2 Å². The third-order valence-electron chi connectivity index (χ3n) is 6.65. The Hall–Kier alpha value is -4.47. The molecule has 0 unspecified atom stereocenters. The van der Waals surface area contributed by atoms with Gasteiger partial charge in [-0.1, -0.05) is 56.3 Å². The van der Waals surface area contributed by atoms with Crippen LogP contribution < -0.4 is 20.7 Å². The third-order valence-corrected chi connectivity index (χ3v) is 6.65. The van der Waals surface area contributed by atoms with Crippen molar-refractivity contribution in [1.29, 1.82) is 0 Å². The lowest BCUT2D eigenvalue weighted by molar-refractivity contribution is -0.286. The van der Waals surface area contributed by atoms with Gasteiger partial charge in [0.15, 0.2) is 17.1 Å². The van der Waals surface area contributed by atoms with Crippen LogP contribution in [0.2, 0.25) is 0 Å². The molecule has 8 nitrogen and oxygen atoms in total. The van der Waals surface area contributed by atoms with E-state index >= 15 is 0 Å². The minimum atomic E-state index is -3.78. The molecule has 0 saturated carbocycles. The first kappa shape index (κ1) is 23.9. The van der Waals surface area contributed by atoms with Gasteiger partial charge in [-0.15, -0.1) is 8.78 Å². The first-order valence-electron chi connectivity index (χ1n) is 12.2. The molecule has 0 radical (unpaired) electrons. The van der Waals surface area contributed by atoms with E-state index in [1.165, 1.54) is 23.7 Å². The highest BCUT2D eigenvalue weighted by molar-refractivity contribution is 5.92. The van der Waals surface area contributed by atoms with Crippen LogP contribution in [0.3, 0.4) is 0 Å². The molecule has 0 atom stereocenters. The Morgan fingerprint density at radius 2 is 1.71 bits per heavy atom. The maximum atomic E-state index is 13.8. The fourth-order valence-corrected chi connectivity index (χ4v) is 4.99. The van der Waals surface area contributed by atoms with Gasteiger partial charge in [0.25, 0.3) is 5.56 Å². The number of rotatable bonds is 5. The van der Waals surface area contributed by atoms with Gasteiger partial charge in [0.2, 0.25) is 0 Å². The van der Waals surface area contributed by atoms with Crippen LogP contribution in [0.15, 0.2) is 70.3 Å². The second kappa shape index (κ2) is 8.54. The van der Waals surface area contributed by atoms with Gasteiger partial charge in [0.1, 0.15) is 5.39 Å². The van der Waals surface area contributed by atoms with Crippen molar-refractivity contribution in [3.63, 3.8) is 0 Å². The van der Waals surface area contributed by atoms with E-state index in [1.807, 2.05) is 56.3 Å². The average Bonchev–Trinajstić information content (AvgIpc) is 3.40. The van der Waals surface area contributed by atoms with Gasteiger partial charge in [0, 0.05) is 19.2 Å². The molecule has 0 spiro atoms. The van der Waals surface area contributed by atoms with Crippen molar-refractivity contribution in [3.05, 3.63) is 87.1 Å². The zero-order chi connectivity index (χ0) is 26.8. The number of halogens is 2. The highest BCUT2D eigenvalue weighted by Crippen LogP contribution is 2.43. The first-order chi connectivity index (χ1) is 18.1. The monoisotopic (exact) mass is 518 g/mol. The lowest BCUT2D eigenvalue weighted by Gasteiger charge is -2.11. The maximum absolute atomic E-state index is 13.8. The Morgan fingerprint density at radius 1 is 0.974 bits per heavy atom. The van der Waals surface area contributed by atoms with E-state index < -0.39 is 17.5 Å². The normalized spacial score (nSPS) is 14.2. The summed E-state index contributed by atoms with van der Waals surface area (Å²) in [5.41, 5.74) is 1.02. The van der Waals surface area contributed by atoms with Gasteiger partial charge in [-0.2, -0.15) is 5.10 Å². The Balaban J connectivity index is 1.64. The molecule has 0 bridgehead atoms. The third kappa shape index (κ3) is 3.84. The molecule has 1 aliphatic heterocycles. The van der Waals surface area contributed by atoms with E-state index in [4.69, 9.17) is 5.10 Å². The van der Waals surface area contributed by atoms with Crippen LogP contribution >= 0.6 is 0 Å². The Labute approximate surface area is 215 Å². The molecule has 2 aromatic heterocycles. The number of benzene rings is 3. The number of fused-ring (bicyclic) bond motifs is 3. The fourth-order valence-electron chi connectivity index (χ4n) is 4.99. The summed E-state index contributed by atoms with van der Waals surface area (Å²) >= 11 is 0. The zero-order valence-corrected chi connectivity index (χ0v) is 20.9. The van der Waals surface area contributed by atoms with Gasteiger partial charge in [-0.3, -0.25) is 18.6 Å². The van der Waals surface area contributed by atoms with Gasteiger partial charge in [-0.05, 0) is 40.5 Å². The highest BCUT2D eigenvalue weighted by atomic mass is 19.3. The van der Waals surface area contributed by atoms with E-state index in [2.05, 4.69) is 9.47 Å². The second-order valence-corrected chi connectivity index (χ2v) is 9.82. The van der Waals surface area contributed by atoms with E-state index in [0.717, 1.165) is 20.9 Å². The molecule has 5 aromatic rings. The molecule has 1 aliphatic rings. The molecule has 0 fully saturated rings. The lowest BCUT2D eigenvalue weighted by Crippen LogP contribution is -2.38. The molecule has 0 saturated heterocycles. The Bertz CT molecular complexity index is 1850. The average molecular weight is 519 g/mol. The molecule has 3 heterocycles. The van der Waals surface area contributed by atoms with Crippen LogP contribution in [-0.2, 0) is 20.1 Å². The molecular formula is C28H24F2N4O4. The zero-order valence-electron chi connectivity index (χ0n) is 20.9. The largest absolute Gasteiger partial charge is 0.586 e. The quantitative estimate of drug-likeness (QED) is 0.336. The minimum absolute atomic E-state index is 0.104. The van der Waals surface area contributed by atoms with Gasteiger partial charge >= 0.3 is 12.0 Å². The van der Waals surface area contributed by atoms with Crippen molar-refractivity contribution in [3.8, 4) is 22.8 Å². The summed E-state index contributed by atoms with van der Waals surface area (Å²) in [5, 5.41) is 7.05. The summed E-state index contributed by atoms with van der Waals surface area (Å²) in [6.07, 6.45) is -3.78. The Kier molecular flexibility index (Phi) is 5.37. The van der Waals surface area contributed by atoms with Crippen molar-refractivity contribution >= 4 is 21.8 Å². The molecule has 0 amide bonds. The number of ether oxygens (including phenoxy) is 2. The standard InChI is InChI=1S/C28H24F2N4O4/c1-16(2)14-33-25-23(26(35)32(3)27(33)36)24(18-11-12-21-22(13-18)38-28(29,30)37-21)34(31-25)15-19-9-6-8-17-7-4-5-10-20(17)19/h4-13,16H,14-15H2,1-3H3. The SMILES string of the molecule is CC(C)Cn1c(=O)n(C)c(=O)c2c(-c3ccc4c(c3)OC(F)(F)O4)n(Cc3cccc4ccccc34)nc21. The smallest absolute Gasteiger partial charge is 0.395 e. The molecule has 0 N–H and O–H groups in total. The molecular weight excluding hydrogens is 494 g/mol. The van der Waals surface area contributed by atoms with Crippen LogP contribution in [0.5, 0.6) is 11.5 Å². The molecule has 6 rings (SSSR count). The molecule has 10 heteroatoms. The summed E-state index contributed by atoms with van der Waals surface area (Å²) in [6, 6.07) is 18.2. The lowest BCUT2D eigenvalue weighted by atomic mass is 10.0. The number of hydrogen-bond acceptors (Lipinski definition) is 5. The summed E-state index contributed by atoms with van der Waals surface area (Å²) in [4.78, 5) is 26.6. The predicted octanol–water partition coefficient (Wildman–Crippen LogP) is 4.74. The van der Waals surface area contributed by atoms with Crippen LogP contribution in [0.4, 0.5) is 8.78 Å². The van der Waals surface area contributed by atoms with Gasteiger partial charge in [0.05, 0.1) is 12.2 Å². The van der Waals surface area contributed by atoms with Crippen molar-refractivity contribution < 1.29 is 18.3 Å². The summed E-state index contributed by atoms with van der Waals surface area (Å²) < 4.78 is 41.0. The van der Waals surface area contributed by atoms with E-state index in [0.29, 0.717) is 17.8 Å². The van der Waals surface area contributed by atoms with E-state index in [9.17, 15) is 18.4 Å². The van der Waals surface area contributed by atoms with Crippen molar-refractivity contribution in [1.82, 2.24) is 18.9 Å². The maximum Gasteiger partial charge on any atom is 0.586 e. The number of hydrogen-bond donors (Lipinski definition) is 0. The van der Waals surface area contributed by atoms with Crippen molar-refractivity contribution in [2.45, 2.75) is 33.2 Å². The highest BCUT2D eigenvalue weighted by Gasteiger charge is 2.43. The minimum Gasteiger partial charge on any atom is -0.395 e. The molecule has 38 heavy (non-hydrogen) atoms. The topological polar surface area (TPSA) is 80.3 Å². The second-order valence-electron chi connectivity index (χ2n) is 9.82. The molecule has 194 valence electrons. The number of nitrogens with zero attached hydrogens (tertiary/aromatic N) is 4. The molecule has 3 aromatic carbocycles. The summed E-state index contributed by atoms with van der Waals surface area (Å²) in [6.45, 7) is 4.56. The summed E-state index contributed by atoms with van der Waals surface area (Å²) in [5.74, 6) is -0.147. The number of alkyl halides is 2. The predicted molar refractivity (Wildman–Crippen MR) is 139 cm³/mol. The Morgan fingerprint density at radius 3 is 2.50 bits per heavy atom. The van der Waals surface area contributed by atoms with Crippen LogP contribution in [0.25, 0.3) is 33.1 Å². The summed E-state index contributed by atoms with van der Waals surface area (Å²) in [7, 11) is 1.42. The van der Waals surface area contributed by atoms with Crippen molar-refractivity contribution in [2.75, 3.05) is 0 Å². The van der Waals surface area contributed by atoms with E-state index in [1.54, 1.807) is 10.7 Å². The molecule has 0 aliphatic carbocycles. The van der Waals surface area contributed by atoms with Crippen LogP contribution in [0, 0.1) is 5.92 Å².